The van der Waals surface area contributed by atoms with E-state index in [2.05, 4.69) is 0 Å². The Morgan fingerprint density at radius 1 is 1.14 bits per heavy atom. The first-order chi connectivity index (χ1) is 10.0. The summed E-state index contributed by atoms with van der Waals surface area (Å²) in [7, 11) is 3.42. The van der Waals surface area contributed by atoms with Crippen LogP contribution in [0.1, 0.15) is 28.6 Å². The lowest BCUT2D eigenvalue weighted by atomic mass is 10.0. The smallest absolute Gasteiger partial charge is 0.328 e. The summed E-state index contributed by atoms with van der Waals surface area (Å²) >= 11 is 0. The van der Waals surface area contributed by atoms with Crippen LogP contribution in [-0.2, 0) is 20.5 Å². The summed E-state index contributed by atoms with van der Waals surface area (Å²) in [5.74, 6) is 0.598. The van der Waals surface area contributed by atoms with E-state index in [1.165, 1.54) is 6.26 Å². The van der Waals surface area contributed by atoms with Gasteiger partial charge in [-0.15, -0.1) is 0 Å². The molecule has 5 heteroatoms. The molecule has 108 valence electrons. The number of hydrogen-bond donors (Lipinski definition) is 0. The molecule has 0 saturated carbocycles. The molecule has 1 aromatic carbocycles. The molecule has 3 aromatic rings. The fraction of sp³-hybridized carbons (Fsp3) is 0.250. The van der Waals surface area contributed by atoms with Gasteiger partial charge in [-0.1, -0.05) is 6.92 Å². The normalized spacial score (nSPS) is 11.2. The highest BCUT2D eigenvalue weighted by Gasteiger charge is 2.17. The zero-order chi connectivity index (χ0) is 15.1. The van der Waals surface area contributed by atoms with Crippen LogP contribution >= 0.6 is 0 Å². The Balaban J connectivity index is 2.16. The first-order valence-corrected chi connectivity index (χ1v) is 6.81. The van der Waals surface area contributed by atoms with Crippen molar-refractivity contribution in [1.29, 1.82) is 0 Å². The van der Waals surface area contributed by atoms with Gasteiger partial charge in [-0.3, -0.25) is 13.9 Å². The second-order valence-electron chi connectivity index (χ2n) is 5.04. The number of aryl methyl sites for hydroxylation is 3. The maximum Gasteiger partial charge on any atom is 0.328 e. The highest BCUT2D eigenvalue weighted by atomic mass is 16.3. The number of fused-ring (bicyclic) bond motifs is 1. The second kappa shape index (κ2) is 4.77. The van der Waals surface area contributed by atoms with Crippen LogP contribution in [0.4, 0.5) is 0 Å². The molecule has 2 aromatic heterocycles. The lowest BCUT2D eigenvalue weighted by molar-refractivity contribution is 0.103. The second-order valence-corrected chi connectivity index (χ2v) is 5.04. The number of aromatic nitrogens is 2. The summed E-state index contributed by atoms with van der Waals surface area (Å²) in [6, 6.07) is 6.99. The van der Waals surface area contributed by atoms with E-state index in [9.17, 15) is 9.59 Å². The zero-order valence-electron chi connectivity index (χ0n) is 12.2. The molecule has 0 fully saturated rings. The van der Waals surface area contributed by atoms with Crippen LogP contribution in [0.25, 0.3) is 11.0 Å². The summed E-state index contributed by atoms with van der Waals surface area (Å²) < 4.78 is 8.42. The van der Waals surface area contributed by atoms with Gasteiger partial charge in [-0.25, -0.2) is 4.79 Å². The van der Waals surface area contributed by atoms with Crippen LogP contribution in [-0.4, -0.2) is 14.9 Å². The molecular formula is C16H16N2O3. The third-order valence-corrected chi connectivity index (χ3v) is 3.85. The van der Waals surface area contributed by atoms with Crippen molar-refractivity contribution in [3.05, 3.63) is 57.9 Å². The molecule has 0 unspecified atom stereocenters. The molecule has 0 aliphatic rings. The number of hydrogen-bond acceptors (Lipinski definition) is 3. The maximum absolute atomic E-state index is 12.6. The SMILES string of the molecule is CCc1occc1C(=O)c1ccc2c(c1)n(C)c(=O)n2C. The minimum atomic E-state index is -0.104. The van der Waals surface area contributed by atoms with Crippen LogP contribution in [0.2, 0.25) is 0 Å². The minimum absolute atomic E-state index is 0.0844. The van der Waals surface area contributed by atoms with Gasteiger partial charge >= 0.3 is 5.69 Å². The molecule has 0 saturated heterocycles. The molecule has 0 bridgehead atoms. The van der Waals surface area contributed by atoms with Crippen molar-refractivity contribution in [3.63, 3.8) is 0 Å². The molecule has 5 nitrogen and oxygen atoms in total. The molecule has 0 aliphatic heterocycles. The fourth-order valence-electron chi connectivity index (χ4n) is 2.62. The number of furan rings is 1. The van der Waals surface area contributed by atoms with E-state index >= 15 is 0 Å². The summed E-state index contributed by atoms with van der Waals surface area (Å²) in [5, 5.41) is 0. The predicted octanol–water partition coefficient (Wildman–Crippen LogP) is 2.26. The summed E-state index contributed by atoms with van der Waals surface area (Å²) in [6.07, 6.45) is 2.20. The fourth-order valence-corrected chi connectivity index (χ4v) is 2.62. The van der Waals surface area contributed by atoms with Gasteiger partial charge in [0.25, 0.3) is 0 Å². The molecule has 2 heterocycles. The number of benzene rings is 1. The average molecular weight is 284 g/mol. The molecule has 21 heavy (non-hydrogen) atoms. The maximum atomic E-state index is 12.6. The van der Waals surface area contributed by atoms with Gasteiger partial charge in [-0.2, -0.15) is 0 Å². The van der Waals surface area contributed by atoms with Crippen molar-refractivity contribution < 1.29 is 9.21 Å². The van der Waals surface area contributed by atoms with Crippen molar-refractivity contribution in [3.8, 4) is 0 Å². The molecule has 3 rings (SSSR count). The molecule has 0 spiro atoms. The van der Waals surface area contributed by atoms with Crippen molar-refractivity contribution in [2.75, 3.05) is 0 Å². The van der Waals surface area contributed by atoms with E-state index in [0.29, 0.717) is 23.3 Å². The summed E-state index contributed by atoms with van der Waals surface area (Å²) in [6.45, 7) is 1.94. The van der Waals surface area contributed by atoms with Gasteiger partial charge in [0.15, 0.2) is 5.78 Å². The number of carbonyl (C=O) groups excluding carboxylic acids is 1. The van der Waals surface area contributed by atoms with Crippen LogP contribution in [0, 0.1) is 0 Å². The topological polar surface area (TPSA) is 57.1 Å². The number of carbonyl (C=O) groups is 1. The number of ketones is 1. The lowest BCUT2D eigenvalue weighted by Gasteiger charge is -2.02. The first kappa shape index (κ1) is 13.4. The van der Waals surface area contributed by atoms with E-state index < -0.39 is 0 Å². The minimum Gasteiger partial charge on any atom is -0.469 e. The quantitative estimate of drug-likeness (QED) is 0.693. The van der Waals surface area contributed by atoms with Crippen molar-refractivity contribution in [2.24, 2.45) is 14.1 Å². The zero-order valence-corrected chi connectivity index (χ0v) is 12.2. The van der Waals surface area contributed by atoms with Gasteiger partial charge in [0.05, 0.1) is 22.9 Å². The average Bonchev–Trinajstić information content (AvgIpc) is 3.06. The highest BCUT2D eigenvalue weighted by molar-refractivity contribution is 6.10. The molecule has 0 N–H and O–H groups in total. The molecule has 0 aliphatic carbocycles. The lowest BCUT2D eigenvalue weighted by Crippen LogP contribution is -2.19. The van der Waals surface area contributed by atoms with Gasteiger partial charge in [-0.05, 0) is 24.3 Å². The summed E-state index contributed by atoms with van der Waals surface area (Å²) in [5.41, 5.74) is 2.58. The molecular weight excluding hydrogens is 268 g/mol. The highest BCUT2D eigenvalue weighted by Crippen LogP contribution is 2.20. The third-order valence-electron chi connectivity index (χ3n) is 3.85. The number of rotatable bonds is 3. The van der Waals surface area contributed by atoms with Crippen LogP contribution in [0.15, 0.2) is 39.7 Å². The van der Waals surface area contributed by atoms with Crippen molar-refractivity contribution in [2.45, 2.75) is 13.3 Å². The van der Waals surface area contributed by atoms with E-state index in [1.54, 1.807) is 47.5 Å². The van der Waals surface area contributed by atoms with Crippen LogP contribution in [0.3, 0.4) is 0 Å². The summed E-state index contributed by atoms with van der Waals surface area (Å²) in [4.78, 5) is 24.5. The Morgan fingerprint density at radius 2 is 1.86 bits per heavy atom. The molecule has 0 amide bonds. The largest absolute Gasteiger partial charge is 0.469 e. The van der Waals surface area contributed by atoms with Gasteiger partial charge < -0.3 is 4.42 Å². The Bertz CT molecular complexity index is 896. The Hall–Kier alpha value is -2.56. The van der Waals surface area contributed by atoms with Crippen molar-refractivity contribution >= 4 is 16.8 Å². The third kappa shape index (κ3) is 1.93. The van der Waals surface area contributed by atoms with Crippen molar-refractivity contribution in [1.82, 2.24) is 9.13 Å². The van der Waals surface area contributed by atoms with E-state index in [4.69, 9.17) is 4.42 Å². The number of imidazole rings is 1. The van der Waals surface area contributed by atoms with E-state index in [1.807, 2.05) is 6.92 Å². The van der Waals surface area contributed by atoms with Gasteiger partial charge in [0, 0.05) is 26.1 Å². The van der Waals surface area contributed by atoms with Gasteiger partial charge in [0.2, 0.25) is 0 Å². The molecule has 0 atom stereocenters. The number of nitrogens with zero attached hydrogens (tertiary/aromatic N) is 2. The van der Waals surface area contributed by atoms with Crippen LogP contribution < -0.4 is 5.69 Å². The Kier molecular flexibility index (Phi) is 3.05. The first-order valence-electron chi connectivity index (χ1n) is 6.81. The van der Waals surface area contributed by atoms with E-state index in [0.717, 1.165) is 11.0 Å². The van der Waals surface area contributed by atoms with E-state index in [-0.39, 0.29) is 11.5 Å². The van der Waals surface area contributed by atoms with Crippen LogP contribution in [0.5, 0.6) is 0 Å². The van der Waals surface area contributed by atoms with Gasteiger partial charge in [0.1, 0.15) is 5.76 Å². The standard InChI is InChI=1S/C16H16N2O3/c1-4-14-11(7-8-21-14)15(19)10-5-6-12-13(9-10)18(3)16(20)17(12)2/h5-9H,4H2,1-3H3. The Labute approximate surface area is 121 Å². The predicted molar refractivity (Wildman–Crippen MR) is 79.7 cm³/mol. The molecule has 0 radical (unpaired) electrons. The monoisotopic (exact) mass is 284 g/mol. The Morgan fingerprint density at radius 3 is 2.57 bits per heavy atom.